The monoisotopic (exact) mass is 353 g/mol. The highest BCUT2D eigenvalue weighted by Crippen LogP contribution is 2.24. The predicted molar refractivity (Wildman–Crippen MR) is 101 cm³/mol. The Morgan fingerprint density at radius 2 is 2.19 bits per heavy atom. The fourth-order valence-electron chi connectivity index (χ4n) is 3.15. The van der Waals surface area contributed by atoms with Crippen molar-refractivity contribution in [2.45, 2.75) is 26.3 Å². The molecule has 1 N–H and O–H groups in total. The van der Waals surface area contributed by atoms with E-state index in [9.17, 15) is 9.59 Å². The van der Waals surface area contributed by atoms with Gasteiger partial charge in [-0.3, -0.25) is 9.59 Å². The molecule has 2 aromatic heterocycles. The summed E-state index contributed by atoms with van der Waals surface area (Å²) in [5, 5.41) is 0. The highest BCUT2D eigenvalue weighted by molar-refractivity contribution is 5.87. The molecule has 1 aliphatic heterocycles. The largest absolute Gasteiger partial charge is 0.361 e. The molecule has 0 unspecified atom stereocenters. The normalized spacial score (nSPS) is 14.0. The number of rotatable bonds is 6. The minimum Gasteiger partial charge on any atom is -0.361 e. The van der Waals surface area contributed by atoms with E-state index in [1.807, 2.05) is 19.1 Å². The number of carbonyl (C=O) groups is 1. The third-order valence-corrected chi connectivity index (χ3v) is 4.55. The maximum atomic E-state index is 12.5. The Bertz CT molecular complexity index is 870. The van der Waals surface area contributed by atoms with Gasteiger partial charge in [0, 0.05) is 37.1 Å². The van der Waals surface area contributed by atoms with E-state index in [4.69, 9.17) is 0 Å². The zero-order chi connectivity index (χ0) is 18.7. The van der Waals surface area contributed by atoms with E-state index in [0.29, 0.717) is 18.8 Å². The molecular formula is C19H23N5O2. The van der Waals surface area contributed by atoms with Gasteiger partial charge < -0.3 is 14.8 Å². The zero-order valence-electron chi connectivity index (χ0n) is 15.1. The van der Waals surface area contributed by atoms with Crippen molar-refractivity contribution in [3.63, 3.8) is 0 Å². The van der Waals surface area contributed by atoms with Crippen molar-refractivity contribution < 1.29 is 4.79 Å². The van der Waals surface area contributed by atoms with E-state index >= 15 is 0 Å². The van der Waals surface area contributed by atoms with E-state index in [0.717, 1.165) is 29.9 Å². The number of nitrogens with one attached hydrogen (secondary N) is 1. The van der Waals surface area contributed by atoms with Crippen molar-refractivity contribution >= 4 is 11.6 Å². The van der Waals surface area contributed by atoms with Crippen LogP contribution in [-0.4, -0.2) is 51.4 Å². The molecule has 7 nitrogen and oxygen atoms in total. The van der Waals surface area contributed by atoms with Gasteiger partial charge in [0.15, 0.2) is 0 Å². The van der Waals surface area contributed by atoms with Crippen LogP contribution in [0.4, 0.5) is 5.69 Å². The summed E-state index contributed by atoms with van der Waals surface area (Å²) in [6.45, 7) is 9.44. The van der Waals surface area contributed by atoms with Crippen molar-refractivity contribution in [3.8, 4) is 11.3 Å². The lowest BCUT2D eigenvalue weighted by atomic mass is 10.0. The number of aromatic amines is 1. The van der Waals surface area contributed by atoms with Gasteiger partial charge in [0.2, 0.25) is 5.91 Å². The summed E-state index contributed by atoms with van der Waals surface area (Å²) in [5.74, 6) is -0.0724. The van der Waals surface area contributed by atoms with Gasteiger partial charge in [0.1, 0.15) is 12.0 Å². The first-order valence-electron chi connectivity index (χ1n) is 8.73. The molecule has 0 spiro atoms. The van der Waals surface area contributed by atoms with E-state index < -0.39 is 0 Å². The molecule has 1 amide bonds. The molecule has 1 fully saturated rings. The molecule has 0 bridgehead atoms. The molecule has 3 heterocycles. The number of anilines is 1. The molecule has 0 aliphatic carbocycles. The molecule has 1 aliphatic rings. The van der Waals surface area contributed by atoms with E-state index in [1.165, 1.54) is 12.4 Å². The van der Waals surface area contributed by atoms with Gasteiger partial charge in [0.05, 0.1) is 11.7 Å². The second-order valence-electron chi connectivity index (χ2n) is 6.44. The van der Waals surface area contributed by atoms with Gasteiger partial charge in [-0.25, -0.2) is 9.97 Å². The van der Waals surface area contributed by atoms with Crippen LogP contribution in [0.3, 0.4) is 0 Å². The highest BCUT2D eigenvalue weighted by atomic mass is 16.2. The van der Waals surface area contributed by atoms with Gasteiger partial charge in [-0.05, 0) is 31.6 Å². The molecule has 1 saturated heterocycles. The fraction of sp³-hybridized carbons (Fsp3) is 0.368. The Labute approximate surface area is 152 Å². The summed E-state index contributed by atoms with van der Waals surface area (Å²) in [6, 6.07) is 3.88. The average Bonchev–Trinajstić information content (AvgIpc) is 2.60. The number of H-pyrrole nitrogens is 1. The molecule has 7 heteroatoms. The van der Waals surface area contributed by atoms with Gasteiger partial charge in [-0.2, -0.15) is 0 Å². The molecule has 0 aromatic carbocycles. The minimum absolute atomic E-state index is 0.0724. The van der Waals surface area contributed by atoms with Crippen LogP contribution in [0.15, 0.2) is 42.1 Å². The van der Waals surface area contributed by atoms with Gasteiger partial charge in [-0.1, -0.05) is 13.5 Å². The van der Waals surface area contributed by atoms with Crippen LogP contribution in [0.5, 0.6) is 0 Å². The number of pyridine rings is 1. The first-order valence-corrected chi connectivity index (χ1v) is 8.73. The highest BCUT2D eigenvalue weighted by Gasteiger charge is 2.34. The number of amides is 1. The molecule has 136 valence electrons. The van der Waals surface area contributed by atoms with Gasteiger partial charge in [0.25, 0.3) is 5.56 Å². The van der Waals surface area contributed by atoms with Crippen molar-refractivity contribution in [2.75, 3.05) is 24.5 Å². The van der Waals surface area contributed by atoms with Crippen molar-refractivity contribution in [1.82, 2.24) is 19.9 Å². The summed E-state index contributed by atoms with van der Waals surface area (Å²) in [5.41, 5.74) is 2.94. The lowest BCUT2D eigenvalue weighted by Gasteiger charge is -2.45. The van der Waals surface area contributed by atoms with Crippen LogP contribution in [-0.2, 0) is 4.79 Å². The quantitative estimate of drug-likeness (QED) is 0.800. The summed E-state index contributed by atoms with van der Waals surface area (Å²) < 4.78 is 0. The lowest BCUT2D eigenvalue weighted by Crippen LogP contribution is -2.61. The summed E-state index contributed by atoms with van der Waals surface area (Å²) in [4.78, 5) is 39.2. The van der Waals surface area contributed by atoms with E-state index in [-0.39, 0.29) is 17.5 Å². The second kappa shape index (κ2) is 7.51. The standard InChI is InChI=1S/C19H23N5O2/c1-4-6-24(15-10-23(11-15)18(25)5-2)17-8-14(9-20-19(17)26)16-7-13(3)21-12-22-16/h5,7-9,12,15H,2,4,6,10-11H2,1,3H3,(H,20,26). The Morgan fingerprint density at radius 3 is 2.85 bits per heavy atom. The van der Waals surface area contributed by atoms with Crippen LogP contribution in [0.1, 0.15) is 19.0 Å². The molecule has 3 rings (SSSR count). The molecule has 2 aromatic rings. The summed E-state index contributed by atoms with van der Waals surface area (Å²) >= 11 is 0. The number of aromatic nitrogens is 3. The number of aryl methyl sites for hydroxylation is 1. The molecule has 0 atom stereocenters. The third-order valence-electron chi connectivity index (χ3n) is 4.55. The van der Waals surface area contributed by atoms with Crippen LogP contribution < -0.4 is 10.5 Å². The second-order valence-corrected chi connectivity index (χ2v) is 6.44. The molecule has 0 saturated carbocycles. The van der Waals surface area contributed by atoms with Crippen LogP contribution >= 0.6 is 0 Å². The van der Waals surface area contributed by atoms with E-state index in [1.54, 1.807) is 11.1 Å². The minimum atomic E-state index is -0.138. The van der Waals surface area contributed by atoms with Crippen LogP contribution in [0.25, 0.3) is 11.3 Å². The first kappa shape index (κ1) is 17.8. The SMILES string of the molecule is C=CC(=O)N1CC(N(CCC)c2cc(-c3cc(C)ncn3)c[nH]c2=O)C1. The average molecular weight is 353 g/mol. The Balaban J connectivity index is 1.90. The first-order chi connectivity index (χ1) is 12.5. The topological polar surface area (TPSA) is 82.2 Å². The van der Waals surface area contributed by atoms with Crippen molar-refractivity contribution in [3.05, 3.63) is 53.4 Å². The van der Waals surface area contributed by atoms with E-state index in [2.05, 4.69) is 33.4 Å². The van der Waals surface area contributed by atoms with Crippen LogP contribution in [0.2, 0.25) is 0 Å². The Hall–Kier alpha value is -2.96. The predicted octanol–water partition coefficient (Wildman–Crippen LogP) is 1.75. The smallest absolute Gasteiger partial charge is 0.271 e. The summed E-state index contributed by atoms with van der Waals surface area (Å²) in [6.07, 6.45) is 5.42. The van der Waals surface area contributed by atoms with Crippen molar-refractivity contribution in [1.29, 1.82) is 0 Å². The van der Waals surface area contributed by atoms with Crippen LogP contribution in [0, 0.1) is 6.92 Å². The molecule has 26 heavy (non-hydrogen) atoms. The Morgan fingerprint density at radius 1 is 1.42 bits per heavy atom. The number of nitrogens with zero attached hydrogens (tertiary/aromatic N) is 4. The number of carbonyl (C=O) groups excluding carboxylic acids is 1. The third kappa shape index (κ3) is 3.51. The number of hydrogen-bond acceptors (Lipinski definition) is 5. The number of likely N-dealkylation sites (tertiary alicyclic amines) is 1. The maximum Gasteiger partial charge on any atom is 0.271 e. The molecule has 0 radical (unpaired) electrons. The fourth-order valence-corrected chi connectivity index (χ4v) is 3.15. The lowest BCUT2D eigenvalue weighted by molar-refractivity contribution is -0.130. The molecular weight excluding hydrogens is 330 g/mol. The zero-order valence-corrected chi connectivity index (χ0v) is 15.1. The van der Waals surface area contributed by atoms with Gasteiger partial charge >= 0.3 is 0 Å². The van der Waals surface area contributed by atoms with Gasteiger partial charge in [-0.15, -0.1) is 0 Å². The Kier molecular flexibility index (Phi) is 5.16. The number of hydrogen-bond donors (Lipinski definition) is 1. The van der Waals surface area contributed by atoms with Crippen molar-refractivity contribution in [2.24, 2.45) is 0 Å². The maximum absolute atomic E-state index is 12.5. The summed E-state index contributed by atoms with van der Waals surface area (Å²) in [7, 11) is 0.